The first kappa shape index (κ1) is 18.0. The van der Waals surface area contributed by atoms with Crippen molar-refractivity contribution in [1.82, 2.24) is 27.5 Å². The monoisotopic (exact) mass is 406 g/mol. The van der Waals surface area contributed by atoms with E-state index in [0.29, 0.717) is 37.1 Å². The molecule has 0 spiro atoms. The zero-order valence-electron chi connectivity index (χ0n) is 14.6. The minimum atomic E-state index is -3.65. The first-order valence-corrected chi connectivity index (χ1v) is 10.6. The molecule has 0 atom stereocenters. The van der Waals surface area contributed by atoms with E-state index >= 15 is 0 Å². The maximum Gasteiger partial charge on any atom is 0.262 e. The lowest BCUT2D eigenvalue weighted by Crippen LogP contribution is -2.37. The Bertz CT molecular complexity index is 1090. The van der Waals surface area contributed by atoms with Gasteiger partial charge in [-0.3, -0.25) is 4.79 Å². The van der Waals surface area contributed by atoms with Crippen molar-refractivity contribution >= 4 is 38.7 Å². The van der Waals surface area contributed by atoms with E-state index < -0.39 is 10.0 Å². The number of hydrogen-bond donors (Lipinski definition) is 0. The van der Waals surface area contributed by atoms with Crippen LogP contribution in [0.5, 0.6) is 0 Å². The fourth-order valence-corrected chi connectivity index (χ4v) is 5.04. The largest absolute Gasteiger partial charge is 0.339 e. The summed E-state index contributed by atoms with van der Waals surface area (Å²) in [6, 6.07) is 5.25. The highest BCUT2D eigenvalue weighted by Crippen LogP contribution is 2.19. The van der Waals surface area contributed by atoms with Crippen molar-refractivity contribution < 1.29 is 13.2 Å². The van der Waals surface area contributed by atoms with Crippen molar-refractivity contribution in [2.24, 2.45) is 7.05 Å². The predicted octanol–water partition coefficient (Wildman–Crippen LogP) is 0.962. The predicted molar refractivity (Wildman–Crippen MR) is 99.9 cm³/mol. The van der Waals surface area contributed by atoms with Crippen LogP contribution in [-0.2, 0) is 17.1 Å². The molecule has 142 valence electrons. The molecule has 9 nitrogen and oxygen atoms in total. The van der Waals surface area contributed by atoms with Crippen LogP contribution in [0.4, 0.5) is 0 Å². The second-order valence-corrected chi connectivity index (χ2v) is 8.81. The molecule has 2 aromatic heterocycles. The van der Waals surface area contributed by atoms with E-state index in [-0.39, 0.29) is 17.5 Å². The van der Waals surface area contributed by atoms with Crippen LogP contribution in [-0.4, -0.2) is 68.0 Å². The third-order valence-electron chi connectivity index (χ3n) is 4.53. The average Bonchev–Trinajstić information content (AvgIpc) is 3.22. The summed E-state index contributed by atoms with van der Waals surface area (Å²) in [5.41, 5.74) is 2.00. The third kappa shape index (κ3) is 3.45. The number of amides is 1. The summed E-state index contributed by atoms with van der Waals surface area (Å²) in [6.45, 7) is 1.43. The van der Waals surface area contributed by atoms with Gasteiger partial charge < -0.3 is 9.47 Å². The molecular formula is C16H18N6O3S2. The van der Waals surface area contributed by atoms with Gasteiger partial charge in [0.05, 0.1) is 18.1 Å². The molecule has 4 rings (SSSR count). The van der Waals surface area contributed by atoms with Crippen molar-refractivity contribution in [3.05, 3.63) is 36.3 Å². The second-order valence-electron chi connectivity index (χ2n) is 6.39. The molecular weight excluding hydrogens is 388 g/mol. The molecule has 1 aliphatic heterocycles. The molecule has 3 heterocycles. The van der Waals surface area contributed by atoms with Gasteiger partial charge in [-0.2, -0.15) is 13.1 Å². The Morgan fingerprint density at radius 1 is 1.11 bits per heavy atom. The lowest BCUT2D eigenvalue weighted by atomic mass is 10.1. The van der Waals surface area contributed by atoms with Crippen molar-refractivity contribution in [1.29, 1.82) is 0 Å². The standard InChI is InChI=1S/C16H18N6O3S2/c1-20-10-15(17-11-20)27(24,25)22-6-2-5-21(7-8-22)16(23)12-3-4-13-14(9-12)19-26-18-13/h3-4,9-11H,2,5-8H2,1H3. The summed E-state index contributed by atoms with van der Waals surface area (Å²) in [5.74, 6) is -0.123. The van der Waals surface area contributed by atoms with Gasteiger partial charge in [0.1, 0.15) is 11.0 Å². The van der Waals surface area contributed by atoms with Crippen LogP contribution in [0.3, 0.4) is 0 Å². The summed E-state index contributed by atoms with van der Waals surface area (Å²) in [7, 11) is -1.93. The minimum absolute atomic E-state index is 0.0336. The first-order valence-electron chi connectivity index (χ1n) is 8.45. The SMILES string of the molecule is Cn1cnc(S(=O)(=O)N2CCCN(C(=O)c3ccc4nsnc4c3)CC2)c1. The van der Waals surface area contributed by atoms with Crippen molar-refractivity contribution in [3.8, 4) is 0 Å². The van der Waals surface area contributed by atoms with Gasteiger partial charge in [0.2, 0.25) is 0 Å². The zero-order chi connectivity index (χ0) is 19.0. The van der Waals surface area contributed by atoms with Crippen molar-refractivity contribution in [2.45, 2.75) is 11.4 Å². The van der Waals surface area contributed by atoms with Gasteiger partial charge >= 0.3 is 0 Å². The number of aryl methyl sites for hydroxylation is 1. The van der Waals surface area contributed by atoms with Crippen LogP contribution < -0.4 is 0 Å². The fourth-order valence-electron chi connectivity index (χ4n) is 3.09. The van der Waals surface area contributed by atoms with E-state index in [9.17, 15) is 13.2 Å². The normalized spacial score (nSPS) is 16.6. The number of benzene rings is 1. The summed E-state index contributed by atoms with van der Waals surface area (Å²) < 4.78 is 36.8. The topological polar surface area (TPSA) is 101 Å². The highest BCUT2D eigenvalue weighted by molar-refractivity contribution is 7.89. The van der Waals surface area contributed by atoms with Crippen LogP contribution >= 0.6 is 11.7 Å². The average molecular weight is 406 g/mol. The molecule has 1 aromatic carbocycles. The number of carbonyl (C=O) groups excluding carboxylic acids is 1. The summed E-state index contributed by atoms with van der Waals surface area (Å²) >= 11 is 1.11. The van der Waals surface area contributed by atoms with Gasteiger partial charge in [-0.25, -0.2) is 13.4 Å². The van der Waals surface area contributed by atoms with E-state index in [0.717, 1.165) is 17.2 Å². The van der Waals surface area contributed by atoms with Crippen LogP contribution in [0.15, 0.2) is 35.7 Å². The molecule has 0 aliphatic carbocycles. The van der Waals surface area contributed by atoms with Gasteiger partial charge in [-0.1, -0.05) is 0 Å². The number of hydrogen-bond acceptors (Lipinski definition) is 7. The Labute approximate surface area is 160 Å². The molecule has 3 aromatic rings. The molecule has 27 heavy (non-hydrogen) atoms. The van der Waals surface area contributed by atoms with E-state index in [2.05, 4.69) is 13.7 Å². The number of nitrogens with zero attached hydrogens (tertiary/aromatic N) is 6. The third-order valence-corrected chi connectivity index (χ3v) is 6.87. The van der Waals surface area contributed by atoms with Gasteiger partial charge in [0.15, 0.2) is 5.03 Å². The van der Waals surface area contributed by atoms with Crippen LogP contribution in [0.2, 0.25) is 0 Å². The Morgan fingerprint density at radius 2 is 1.93 bits per heavy atom. The molecule has 11 heteroatoms. The first-order chi connectivity index (χ1) is 12.9. The number of carbonyl (C=O) groups is 1. The lowest BCUT2D eigenvalue weighted by molar-refractivity contribution is 0.0764. The van der Waals surface area contributed by atoms with E-state index in [1.165, 1.54) is 16.8 Å². The summed E-state index contributed by atoms with van der Waals surface area (Å²) in [4.78, 5) is 18.5. The van der Waals surface area contributed by atoms with Gasteiger partial charge in [0, 0.05) is 45.0 Å². The minimum Gasteiger partial charge on any atom is -0.339 e. The van der Waals surface area contributed by atoms with E-state index in [1.807, 2.05) is 0 Å². The summed E-state index contributed by atoms with van der Waals surface area (Å²) in [5, 5.41) is 0.0336. The van der Waals surface area contributed by atoms with Gasteiger partial charge in [-0.15, -0.1) is 0 Å². The van der Waals surface area contributed by atoms with Crippen molar-refractivity contribution in [2.75, 3.05) is 26.2 Å². The maximum atomic E-state index is 12.8. The maximum absolute atomic E-state index is 12.8. The van der Waals surface area contributed by atoms with E-state index in [4.69, 9.17) is 0 Å². The number of fused-ring (bicyclic) bond motifs is 1. The Hall–Kier alpha value is -2.37. The number of sulfonamides is 1. The number of imidazole rings is 1. The molecule has 0 radical (unpaired) electrons. The number of aromatic nitrogens is 4. The smallest absolute Gasteiger partial charge is 0.262 e. The second kappa shape index (κ2) is 6.98. The summed E-state index contributed by atoms with van der Waals surface area (Å²) in [6.07, 6.45) is 3.52. The Balaban J connectivity index is 1.50. The molecule has 0 bridgehead atoms. The molecule has 0 N–H and O–H groups in total. The van der Waals surface area contributed by atoms with Gasteiger partial charge in [0.25, 0.3) is 15.9 Å². The Morgan fingerprint density at radius 3 is 2.70 bits per heavy atom. The zero-order valence-corrected chi connectivity index (χ0v) is 16.3. The quantitative estimate of drug-likeness (QED) is 0.642. The fraction of sp³-hybridized carbons (Fsp3) is 0.375. The van der Waals surface area contributed by atoms with Crippen LogP contribution in [0.25, 0.3) is 11.0 Å². The van der Waals surface area contributed by atoms with Gasteiger partial charge in [-0.05, 0) is 24.6 Å². The highest BCUT2D eigenvalue weighted by atomic mass is 32.2. The highest BCUT2D eigenvalue weighted by Gasteiger charge is 2.30. The Kier molecular flexibility index (Phi) is 4.66. The number of rotatable bonds is 3. The molecule has 0 unspecified atom stereocenters. The molecule has 1 aliphatic rings. The van der Waals surface area contributed by atoms with Crippen LogP contribution in [0, 0.1) is 0 Å². The molecule has 1 saturated heterocycles. The molecule has 1 amide bonds. The molecule has 0 saturated carbocycles. The van der Waals surface area contributed by atoms with Crippen LogP contribution in [0.1, 0.15) is 16.8 Å². The van der Waals surface area contributed by atoms with Crippen molar-refractivity contribution in [3.63, 3.8) is 0 Å². The van der Waals surface area contributed by atoms with E-state index in [1.54, 1.807) is 34.7 Å². The lowest BCUT2D eigenvalue weighted by Gasteiger charge is -2.21. The molecule has 1 fully saturated rings.